The first kappa shape index (κ1) is 28.7. The van der Waals surface area contributed by atoms with Crippen molar-refractivity contribution in [3.05, 3.63) is 82.6 Å². The highest BCUT2D eigenvalue weighted by Crippen LogP contribution is 2.44. The molecule has 0 radical (unpaired) electrons. The van der Waals surface area contributed by atoms with Gasteiger partial charge >= 0.3 is 5.76 Å². The van der Waals surface area contributed by atoms with Gasteiger partial charge in [-0.25, -0.2) is 14.3 Å². The Morgan fingerprint density at radius 1 is 0.930 bits per heavy atom. The summed E-state index contributed by atoms with van der Waals surface area (Å²) in [6, 6.07) is 17.9. The van der Waals surface area contributed by atoms with Crippen LogP contribution in [0.4, 0.5) is 10.1 Å². The van der Waals surface area contributed by atoms with Crippen molar-refractivity contribution in [1.82, 2.24) is 15.1 Å². The molecule has 2 aliphatic rings. The lowest BCUT2D eigenvalue weighted by atomic mass is 9.77. The number of aromatic amines is 1. The van der Waals surface area contributed by atoms with E-state index in [-0.39, 0.29) is 23.0 Å². The molecule has 3 heterocycles. The Hall–Kier alpha value is -4.44. The molecule has 2 saturated heterocycles. The number of nitrogens with one attached hydrogen (secondary N) is 1. The highest BCUT2D eigenvalue weighted by atomic mass is 19.1. The SMILES string of the molecule is CCOc1cc(CN2CCC3(CC2)CC(=O)N(c2ccc(-c4n[nH]c(=O)o4)cc2)C3)cc(OCC)c1-c1ccc(F)cc1. The molecule has 0 saturated carbocycles. The van der Waals surface area contributed by atoms with Crippen LogP contribution in [-0.4, -0.2) is 53.9 Å². The first-order valence-corrected chi connectivity index (χ1v) is 14.7. The van der Waals surface area contributed by atoms with Gasteiger partial charge < -0.3 is 18.8 Å². The van der Waals surface area contributed by atoms with Crippen LogP contribution in [0.3, 0.4) is 0 Å². The van der Waals surface area contributed by atoms with E-state index in [2.05, 4.69) is 27.2 Å². The molecule has 2 aliphatic heterocycles. The fourth-order valence-corrected chi connectivity index (χ4v) is 6.22. The lowest BCUT2D eigenvalue weighted by Gasteiger charge is -2.39. The second-order valence-corrected chi connectivity index (χ2v) is 11.2. The van der Waals surface area contributed by atoms with Crippen molar-refractivity contribution in [2.24, 2.45) is 5.41 Å². The van der Waals surface area contributed by atoms with E-state index in [1.807, 2.05) is 43.0 Å². The zero-order valence-electron chi connectivity index (χ0n) is 24.4. The molecule has 1 spiro atoms. The molecule has 43 heavy (non-hydrogen) atoms. The fraction of sp³-hybridized carbons (Fsp3) is 0.364. The predicted molar refractivity (Wildman–Crippen MR) is 161 cm³/mol. The van der Waals surface area contributed by atoms with Crippen molar-refractivity contribution in [2.75, 3.05) is 37.7 Å². The molecule has 3 aromatic carbocycles. The van der Waals surface area contributed by atoms with E-state index >= 15 is 0 Å². The summed E-state index contributed by atoms with van der Waals surface area (Å²) >= 11 is 0. The van der Waals surface area contributed by atoms with Crippen LogP contribution in [0.1, 0.15) is 38.7 Å². The number of aromatic nitrogens is 2. The molecule has 9 nitrogen and oxygen atoms in total. The Morgan fingerprint density at radius 2 is 1.56 bits per heavy atom. The Balaban J connectivity index is 1.14. The molecule has 2 fully saturated rings. The molecule has 0 unspecified atom stereocenters. The van der Waals surface area contributed by atoms with E-state index in [9.17, 15) is 14.0 Å². The van der Waals surface area contributed by atoms with Crippen molar-refractivity contribution < 1.29 is 23.1 Å². The van der Waals surface area contributed by atoms with Gasteiger partial charge in [-0.15, -0.1) is 5.10 Å². The maximum atomic E-state index is 13.6. The molecule has 0 aliphatic carbocycles. The fourth-order valence-electron chi connectivity index (χ4n) is 6.22. The minimum Gasteiger partial charge on any atom is -0.493 e. The van der Waals surface area contributed by atoms with Crippen molar-refractivity contribution in [3.8, 4) is 34.1 Å². The van der Waals surface area contributed by atoms with Crippen molar-refractivity contribution in [3.63, 3.8) is 0 Å². The summed E-state index contributed by atoms with van der Waals surface area (Å²) in [6.45, 7) is 8.09. The van der Waals surface area contributed by atoms with Gasteiger partial charge in [0.05, 0.1) is 18.8 Å². The number of hydrogen-bond acceptors (Lipinski definition) is 7. The summed E-state index contributed by atoms with van der Waals surface area (Å²) < 4.78 is 30.8. The van der Waals surface area contributed by atoms with E-state index in [4.69, 9.17) is 13.9 Å². The third-order valence-electron chi connectivity index (χ3n) is 8.37. The molecule has 1 aromatic heterocycles. The lowest BCUT2D eigenvalue weighted by molar-refractivity contribution is -0.118. The van der Waals surface area contributed by atoms with Gasteiger partial charge in [-0.1, -0.05) is 12.1 Å². The molecule has 1 amide bonds. The van der Waals surface area contributed by atoms with Crippen molar-refractivity contribution >= 4 is 11.6 Å². The third-order valence-corrected chi connectivity index (χ3v) is 8.37. The monoisotopic (exact) mass is 586 g/mol. The second kappa shape index (κ2) is 12.0. The number of likely N-dealkylation sites (tertiary alicyclic amines) is 1. The minimum atomic E-state index is -0.603. The number of amides is 1. The van der Waals surface area contributed by atoms with Gasteiger partial charge in [-0.05, 0) is 105 Å². The van der Waals surface area contributed by atoms with E-state index in [0.29, 0.717) is 31.7 Å². The second-order valence-electron chi connectivity index (χ2n) is 11.2. The Labute approximate surface area is 249 Å². The Kier molecular flexibility index (Phi) is 8.03. The summed E-state index contributed by atoms with van der Waals surface area (Å²) in [4.78, 5) is 28.7. The third kappa shape index (κ3) is 6.06. The number of benzene rings is 3. The standard InChI is InChI=1S/C33H35FN4O5/c1-3-41-27-17-22(18-28(42-4-2)30(27)23-5-9-25(34)10-6-23)20-37-15-13-33(14-16-37)19-29(39)38(21-33)26-11-7-24(8-12-26)31-35-36-32(40)43-31/h5-12,17-18H,3-4,13-16,19-21H2,1-2H3,(H,36,40). The minimum absolute atomic E-state index is 0.0549. The van der Waals surface area contributed by atoms with Crippen LogP contribution in [0.2, 0.25) is 0 Å². The number of ether oxygens (including phenoxy) is 2. The van der Waals surface area contributed by atoms with E-state index in [1.165, 1.54) is 12.1 Å². The summed E-state index contributed by atoms with van der Waals surface area (Å²) in [5, 5.41) is 6.13. The summed E-state index contributed by atoms with van der Waals surface area (Å²) in [5.74, 6) is 0.910. The zero-order chi connectivity index (χ0) is 30.0. The number of carbonyl (C=O) groups is 1. The number of piperidine rings is 1. The van der Waals surface area contributed by atoms with Gasteiger partial charge in [-0.2, -0.15) is 0 Å². The number of nitrogens with zero attached hydrogens (tertiary/aromatic N) is 3. The van der Waals surface area contributed by atoms with Crippen LogP contribution in [0.25, 0.3) is 22.6 Å². The van der Waals surface area contributed by atoms with Gasteiger partial charge in [0.15, 0.2) is 0 Å². The van der Waals surface area contributed by atoms with E-state index < -0.39 is 5.76 Å². The van der Waals surface area contributed by atoms with Crippen LogP contribution in [0, 0.1) is 11.2 Å². The van der Waals surface area contributed by atoms with Crippen molar-refractivity contribution in [1.29, 1.82) is 0 Å². The molecular formula is C33H35FN4O5. The van der Waals surface area contributed by atoms with Crippen LogP contribution in [0.5, 0.6) is 11.5 Å². The van der Waals surface area contributed by atoms with Crippen LogP contribution < -0.4 is 20.1 Å². The summed E-state index contributed by atoms with van der Waals surface area (Å²) in [5.41, 5.74) is 4.21. The quantitative estimate of drug-likeness (QED) is 0.270. The van der Waals surface area contributed by atoms with Gasteiger partial charge in [0, 0.05) is 30.8 Å². The lowest BCUT2D eigenvalue weighted by Crippen LogP contribution is -2.41. The maximum Gasteiger partial charge on any atom is 0.434 e. The number of anilines is 1. The maximum absolute atomic E-state index is 13.6. The number of hydrogen-bond donors (Lipinski definition) is 1. The van der Waals surface area contributed by atoms with Gasteiger partial charge in [0.1, 0.15) is 17.3 Å². The number of halogens is 1. The molecule has 224 valence electrons. The topological polar surface area (TPSA) is 101 Å². The van der Waals surface area contributed by atoms with Crippen LogP contribution in [0.15, 0.2) is 69.9 Å². The van der Waals surface area contributed by atoms with Gasteiger partial charge in [0.25, 0.3) is 0 Å². The van der Waals surface area contributed by atoms with E-state index in [0.717, 1.165) is 66.4 Å². The normalized spacial score (nSPS) is 16.6. The molecule has 0 bridgehead atoms. The number of H-pyrrole nitrogens is 1. The first-order valence-electron chi connectivity index (χ1n) is 14.7. The van der Waals surface area contributed by atoms with Crippen molar-refractivity contribution in [2.45, 2.75) is 39.7 Å². The molecular weight excluding hydrogens is 551 g/mol. The first-order chi connectivity index (χ1) is 20.9. The zero-order valence-corrected chi connectivity index (χ0v) is 24.4. The molecule has 0 atom stereocenters. The Morgan fingerprint density at radius 3 is 2.14 bits per heavy atom. The molecule has 6 rings (SSSR count). The highest BCUT2D eigenvalue weighted by molar-refractivity contribution is 5.96. The largest absolute Gasteiger partial charge is 0.493 e. The van der Waals surface area contributed by atoms with Gasteiger partial charge in [0.2, 0.25) is 11.8 Å². The number of rotatable bonds is 9. The molecule has 1 N–H and O–H groups in total. The number of carbonyl (C=O) groups excluding carboxylic acids is 1. The van der Waals surface area contributed by atoms with Crippen LogP contribution >= 0.6 is 0 Å². The smallest absolute Gasteiger partial charge is 0.434 e. The molecule has 10 heteroatoms. The van der Waals surface area contributed by atoms with E-state index in [1.54, 1.807) is 12.1 Å². The summed E-state index contributed by atoms with van der Waals surface area (Å²) in [7, 11) is 0. The predicted octanol–water partition coefficient (Wildman–Crippen LogP) is 5.65. The summed E-state index contributed by atoms with van der Waals surface area (Å²) in [6.07, 6.45) is 2.39. The van der Waals surface area contributed by atoms with Crippen LogP contribution in [-0.2, 0) is 11.3 Å². The van der Waals surface area contributed by atoms with Gasteiger partial charge in [-0.3, -0.25) is 9.69 Å². The average molecular weight is 587 g/mol. The average Bonchev–Trinajstić information content (AvgIpc) is 3.58. The Bertz CT molecular complexity index is 1610. The highest BCUT2D eigenvalue weighted by Gasteiger charge is 2.45. The molecule has 4 aromatic rings.